The molecule has 0 atom stereocenters. The normalized spacial score (nSPS) is 13.6. The second-order valence-electron chi connectivity index (χ2n) is 5.67. The predicted octanol–water partition coefficient (Wildman–Crippen LogP) is 1.55. The van der Waals surface area contributed by atoms with Crippen LogP contribution in [0.15, 0.2) is 11.0 Å². The molecule has 0 fully saturated rings. The zero-order chi connectivity index (χ0) is 16.2. The average molecular weight is 321 g/mol. The van der Waals surface area contributed by atoms with Crippen molar-refractivity contribution in [2.24, 2.45) is 14.1 Å². The maximum absolute atomic E-state index is 12.6. The fourth-order valence-corrected chi connectivity index (χ4v) is 3.03. The Morgan fingerprint density at radius 1 is 1.27 bits per heavy atom. The van der Waals surface area contributed by atoms with Gasteiger partial charge in [-0.05, 0) is 25.0 Å². The summed E-state index contributed by atoms with van der Waals surface area (Å²) in [6.07, 6.45) is 1.72. The predicted molar refractivity (Wildman–Crippen MR) is 83.0 cm³/mol. The summed E-state index contributed by atoms with van der Waals surface area (Å²) in [4.78, 5) is 30.6. The summed E-state index contributed by atoms with van der Waals surface area (Å²) in [6, 6.07) is 0. The van der Waals surface area contributed by atoms with Crippen molar-refractivity contribution < 1.29 is 4.79 Å². The fourth-order valence-electron chi connectivity index (χ4n) is 2.79. The minimum absolute atomic E-state index is 0.136. The number of fused-ring (bicyclic) bond motifs is 1. The minimum atomic E-state index is -0.221. The Kier molecular flexibility index (Phi) is 3.36. The van der Waals surface area contributed by atoms with Crippen LogP contribution in [0, 0.1) is 13.8 Å². The number of aromatic nitrogens is 3. The summed E-state index contributed by atoms with van der Waals surface area (Å²) in [5.74, 6) is 0.648. The number of carbonyl (C=O) groups is 1. The van der Waals surface area contributed by atoms with Crippen LogP contribution in [0.4, 0.5) is 0 Å². The highest BCUT2D eigenvalue weighted by molar-refractivity contribution is 6.31. The first-order valence-electron chi connectivity index (χ1n) is 6.97. The number of rotatable bonds is 1. The number of pyridine rings is 1. The first-order valence-corrected chi connectivity index (χ1v) is 7.35. The van der Waals surface area contributed by atoms with Crippen molar-refractivity contribution in [1.29, 1.82) is 0 Å². The third kappa shape index (κ3) is 2.06. The van der Waals surface area contributed by atoms with Gasteiger partial charge >= 0.3 is 0 Å². The van der Waals surface area contributed by atoms with Crippen LogP contribution in [0.25, 0.3) is 0 Å². The summed E-state index contributed by atoms with van der Waals surface area (Å²) in [5, 5.41) is 0.226. The van der Waals surface area contributed by atoms with E-state index in [4.69, 9.17) is 11.6 Å². The molecule has 0 saturated heterocycles. The zero-order valence-corrected chi connectivity index (χ0v) is 13.7. The Hall–Kier alpha value is -2.08. The molecule has 0 unspecified atom stereocenters. The van der Waals surface area contributed by atoms with Gasteiger partial charge in [-0.3, -0.25) is 9.59 Å². The maximum Gasteiger partial charge on any atom is 0.274 e. The van der Waals surface area contributed by atoms with Crippen LogP contribution in [-0.2, 0) is 27.2 Å². The first kappa shape index (κ1) is 14.8. The number of hydrogen-bond donors (Lipinski definition) is 0. The van der Waals surface area contributed by atoms with Gasteiger partial charge in [0.15, 0.2) is 0 Å². The topological polar surface area (TPSA) is 60.1 Å². The Balaban J connectivity index is 1.98. The van der Waals surface area contributed by atoms with E-state index in [0.717, 1.165) is 22.6 Å². The molecule has 3 heterocycles. The second kappa shape index (κ2) is 4.98. The van der Waals surface area contributed by atoms with E-state index in [1.165, 1.54) is 4.57 Å². The number of amides is 1. The van der Waals surface area contributed by atoms with Crippen LogP contribution in [-0.4, -0.2) is 24.9 Å². The number of halogens is 1. The molecule has 0 spiro atoms. The lowest BCUT2D eigenvalue weighted by atomic mass is 10.1. The summed E-state index contributed by atoms with van der Waals surface area (Å²) in [7, 11) is 3.54. The average Bonchev–Trinajstić information content (AvgIpc) is 3.07. The molecule has 0 saturated carbocycles. The van der Waals surface area contributed by atoms with E-state index in [1.54, 1.807) is 18.1 Å². The molecule has 1 amide bonds. The summed E-state index contributed by atoms with van der Waals surface area (Å²) in [6.45, 7) is 4.52. The molecular formula is C15H17ClN4O2. The number of carbonyl (C=O) groups excluding carboxylic acids is 1. The first-order chi connectivity index (χ1) is 10.3. The quantitative estimate of drug-likeness (QED) is 0.801. The van der Waals surface area contributed by atoms with E-state index < -0.39 is 0 Å². The smallest absolute Gasteiger partial charge is 0.274 e. The van der Waals surface area contributed by atoms with Crippen molar-refractivity contribution in [3.05, 3.63) is 49.9 Å². The third-order valence-corrected chi connectivity index (χ3v) is 4.78. The van der Waals surface area contributed by atoms with Crippen LogP contribution in [0.2, 0.25) is 5.02 Å². The lowest BCUT2D eigenvalue weighted by molar-refractivity contribution is 0.0744. The molecular weight excluding hydrogens is 304 g/mol. The molecule has 1 aliphatic rings. The molecule has 6 nitrogen and oxygen atoms in total. The van der Waals surface area contributed by atoms with E-state index in [9.17, 15) is 9.59 Å². The lowest BCUT2D eigenvalue weighted by Gasteiger charge is -2.13. The summed E-state index contributed by atoms with van der Waals surface area (Å²) >= 11 is 6.08. The molecule has 22 heavy (non-hydrogen) atoms. The lowest BCUT2D eigenvalue weighted by Crippen LogP contribution is -2.26. The minimum Gasteiger partial charge on any atom is -0.337 e. The molecule has 3 rings (SSSR count). The van der Waals surface area contributed by atoms with Crippen molar-refractivity contribution in [3.8, 4) is 0 Å². The van der Waals surface area contributed by atoms with Gasteiger partial charge in [-0.1, -0.05) is 11.6 Å². The van der Waals surface area contributed by atoms with Crippen LogP contribution in [0.1, 0.15) is 33.1 Å². The van der Waals surface area contributed by atoms with E-state index in [2.05, 4.69) is 4.98 Å². The third-order valence-electron chi connectivity index (χ3n) is 4.33. The van der Waals surface area contributed by atoms with Crippen molar-refractivity contribution in [1.82, 2.24) is 19.0 Å². The van der Waals surface area contributed by atoms with Crippen LogP contribution in [0.3, 0.4) is 0 Å². The van der Waals surface area contributed by atoms with Gasteiger partial charge in [0.1, 0.15) is 16.5 Å². The monoisotopic (exact) mass is 320 g/mol. The maximum atomic E-state index is 12.6. The van der Waals surface area contributed by atoms with Crippen molar-refractivity contribution in [2.75, 3.05) is 0 Å². The molecule has 0 radical (unpaired) electrons. The molecule has 7 heteroatoms. The number of nitrogens with zero attached hydrogens (tertiary/aromatic N) is 4. The Morgan fingerprint density at radius 2 is 1.95 bits per heavy atom. The molecule has 1 aliphatic heterocycles. The van der Waals surface area contributed by atoms with E-state index in [0.29, 0.717) is 18.8 Å². The van der Waals surface area contributed by atoms with Gasteiger partial charge in [0, 0.05) is 32.5 Å². The highest BCUT2D eigenvalue weighted by atomic mass is 35.5. The van der Waals surface area contributed by atoms with Gasteiger partial charge in [-0.15, -0.1) is 0 Å². The molecule has 0 bridgehead atoms. The molecule has 116 valence electrons. The van der Waals surface area contributed by atoms with E-state index in [1.807, 2.05) is 25.5 Å². The Morgan fingerprint density at radius 3 is 2.55 bits per heavy atom. The van der Waals surface area contributed by atoms with Crippen LogP contribution < -0.4 is 5.56 Å². The van der Waals surface area contributed by atoms with E-state index >= 15 is 0 Å². The fraction of sp³-hybridized carbons (Fsp3) is 0.400. The zero-order valence-electron chi connectivity index (χ0n) is 13.0. The van der Waals surface area contributed by atoms with Gasteiger partial charge < -0.3 is 14.0 Å². The largest absolute Gasteiger partial charge is 0.337 e. The highest BCUT2D eigenvalue weighted by Crippen LogP contribution is 2.28. The van der Waals surface area contributed by atoms with Crippen LogP contribution in [0.5, 0.6) is 0 Å². The Bertz CT molecular complexity index is 831. The summed E-state index contributed by atoms with van der Waals surface area (Å²) in [5.41, 5.74) is 2.75. The van der Waals surface area contributed by atoms with Crippen molar-refractivity contribution >= 4 is 17.5 Å². The highest BCUT2D eigenvalue weighted by Gasteiger charge is 2.30. The summed E-state index contributed by atoms with van der Waals surface area (Å²) < 4.78 is 3.34. The molecule has 0 N–H and O–H groups in total. The number of hydrogen-bond acceptors (Lipinski definition) is 3. The molecule has 0 aliphatic carbocycles. The second-order valence-corrected chi connectivity index (χ2v) is 6.05. The van der Waals surface area contributed by atoms with Gasteiger partial charge in [0.05, 0.1) is 6.54 Å². The van der Waals surface area contributed by atoms with Crippen molar-refractivity contribution in [3.63, 3.8) is 0 Å². The van der Waals surface area contributed by atoms with Gasteiger partial charge in [-0.25, -0.2) is 4.98 Å². The van der Waals surface area contributed by atoms with Crippen LogP contribution >= 0.6 is 11.6 Å². The van der Waals surface area contributed by atoms with Gasteiger partial charge in [0.25, 0.3) is 11.5 Å². The van der Waals surface area contributed by atoms with E-state index in [-0.39, 0.29) is 16.5 Å². The standard InChI is InChI=1S/C15H17ClN4O2/c1-8-10-5-20(7-12(10)19(4)15(22)13(8)16)14(21)11-6-18(3)9(2)17-11/h6H,5,7H2,1-4H3. The molecule has 0 aromatic carbocycles. The number of imidazole rings is 1. The Labute approximate surface area is 132 Å². The molecule has 2 aromatic heterocycles. The SMILES string of the molecule is Cc1c2c(n(C)c(=O)c1Cl)CN(C(=O)c1cn(C)c(C)n1)C2. The van der Waals surface area contributed by atoms with Gasteiger partial charge in [0.2, 0.25) is 0 Å². The number of aryl methyl sites for hydroxylation is 2. The van der Waals surface area contributed by atoms with Crippen molar-refractivity contribution in [2.45, 2.75) is 26.9 Å². The van der Waals surface area contributed by atoms with Gasteiger partial charge in [-0.2, -0.15) is 0 Å². The molecule has 2 aromatic rings.